The number of pyridine rings is 1. The number of sulfone groups is 1. The molecular weight excluding hydrogens is 253 g/mol. The zero-order valence-electron chi connectivity index (χ0n) is 9.38. The van der Waals surface area contributed by atoms with Crippen molar-refractivity contribution in [3.8, 4) is 0 Å². The van der Waals surface area contributed by atoms with E-state index < -0.39 is 15.7 Å². The number of benzene rings is 1. The lowest BCUT2D eigenvalue weighted by atomic mass is 10.3. The van der Waals surface area contributed by atoms with E-state index in [4.69, 9.17) is 0 Å². The number of hydrogen-bond acceptors (Lipinski definition) is 3. The quantitative estimate of drug-likeness (QED) is 0.800. The molecule has 0 amide bonds. The molecule has 0 bridgehead atoms. The zero-order chi connectivity index (χ0) is 13.2. The highest BCUT2D eigenvalue weighted by Crippen LogP contribution is 2.21. The molecule has 1 aromatic heterocycles. The molecule has 0 N–H and O–H groups in total. The second-order valence-electron chi connectivity index (χ2n) is 3.58. The Labute approximate surface area is 105 Å². The predicted molar refractivity (Wildman–Crippen MR) is 66.2 cm³/mol. The smallest absolute Gasteiger partial charge is 0.206 e. The Kier molecular flexibility index (Phi) is 3.25. The van der Waals surface area contributed by atoms with Gasteiger partial charge in [-0.05, 0) is 42.5 Å². The first-order valence-electron chi connectivity index (χ1n) is 5.13. The third kappa shape index (κ3) is 2.31. The van der Waals surface area contributed by atoms with Crippen LogP contribution in [0.1, 0.15) is 5.69 Å². The van der Waals surface area contributed by atoms with Crippen LogP contribution in [0.4, 0.5) is 4.39 Å². The van der Waals surface area contributed by atoms with Crippen LogP contribution in [0.15, 0.2) is 59.0 Å². The van der Waals surface area contributed by atoms with E-state index in [1.807, 2.05) is 0 Å². The van der Waals surface area contributed by atoms with Crippen LogP contribution in [-0.4, -0.2) is 13.4 Å². The van der Waals surface area contributed by atoms with Gasteiger partial charge in [0.2, 0.25) is 9.84 Å². The van der Waals surface area contributed by atoms with Gasteiger partial charge in [-0.15, -0.1) is 0 Å². The first-order valence-corrected chi connectivity index (χ1v) is 6.61. The lowest BCUT2D eigenvalue weighted by Crippen LogP contribution is -2.02. The number of halogens is 1. The topological polar surface area (TPSA) is 47.0 Å². The van der Waals surface area contributed by atoms with Crippen molar-refractivity contribution in [2.24, 2.45) is 0 Å². The van der Waals surface area contributed by atoms with Crippen LogP contribution in [0.25, 0.3) is 6.08 Å². The van der Waals surface area contributed by atoms with Gasteiger partial charge in [-0.3, -0.25) is 4.98 Å². The third-order valence-electron chi connectivity index (χ3n) is 2.40. The predicted octanol–water partition coefficient (Wildman–Crippen LogP) is 2.70. The van der Waals surface area contributed by atoms with Crippen molar-refractivity contribution in [2.75, 3.05) is 0 Å². The maximum atomic E-state index is 12.8. The van der Waals surface area contributed by atoms with E-state index >= 15 is 0 Å². The molecule has 1 aromatic carbocycles. The fourth-order valence-electron chi connectivity index (χ4n) is 1.46. The van der Waals surface area contributed by atoms with E-state index in [1.165, 1.54) is 36.5 Å². The SMILES string of the molecule is C=Cc1cc(S(=O)(=O)c2ccc(F)cc2)ccn1. The Hall–Kier alpha value is -2.01. The molecule has 2 aromatic rings. The number of nitrogens with zero attached hydrogens (tertiary/aromatic N) is 1. The van der Waals surface area contributed by atoms with Gasteiger partial charge < -0.3 is 0 Å². The molecule has 0 saturated carbocycles. The van der Waals surface area contributed by atoms with Crippen LogP contribution in [0.3, 0.4) is 0 Å². The maximum Gasteiger partial charge on any atom is 0.206 e. The summed E-state index contributed by atoms with van der Waals surface area (Å²) in [5.74, 6) is -0.476. The van der Waals surface area contributed by atoms with Gasteiger partial charge >= 0.3 is 0 Å². The molecule has 0 unspecified atom stereocenters. The Balaban J connectivity index is 2.54. The zero-order valence-corrected chi connectivity index (χ0v) is 10.2. The largest absolute Gasteiger partial charge is 0.257 e. The Bertz CT molecular complexity index is 678. The molecule has 1 heterocycles. The summed E-state index contributed by atoms with van der Waals surface area (Å²) < 4.78 is 37.2. The molecule has 5 heteroatoms. The maximum absolute atomic E-state index is 12.8. The van der Waals surface area contributed by atoms with E-state index in [9.17, 15) is 12.8 Å². The molecule has 2 rings (SSSR count). The van der Waals surface area contributed by atoms with Crippen LogP contribution < -0.4 is 0 Å². The van der Waals surface area contributed by atoms with Crippen molar-refractivity contribution in [1.82, 2.24) is 4.98 Å². The normalized spacial score (nSPS) is 11.2. The average molecular weight is 263 g/mol. The van der Waals surface area contributed by atoms with Crippen LogP contribution >= 0.6 is 0 Å². The van der Waals surface area contributed by atoms with Crippen molar-refractivity contribution in [1.29, 1.82) is 0 Å². The Morgan fingerprint density at radius 1 is 1.11 bits per heavy atom. The highest BCUT2D eigenvalue weighted by Gasteiger charge is 2.17. The summed E-state index contributed by atoms with van der Waals surface area (Å²) in [5.41, 5.74) is 0.471. The highest BCUT2D eigenvalue weighted by atomic mass is 32.2. The van der Waals surface area contributed by atoms with Crippen LogP contribution in [0.2, 0.25) is 0 Å². The summed E-state index contributed by atoms with van der Waals surface area (Å²) >= 11 is 0. The summed E-state index contributed by atoms with van der Waals surface area (Å²) in [6.07, 6.45) is 2.86. The molecule has 0 aliphatic carbocycles. The summed E-state index contributed by atoms with van der Waals surface area (Å²) in [6, 6.07) is 7.51. The molecule has 0 fully saturated rings. The molecule has 0 atom stereocenters. The summed E-state index contributed by atoms with van der Waals surface area (Å²) in [5, 5.41) is 0. The Morgan fingerprint density at radius 3 is 2.39 bits per heavy atom. The van der Waals surface area contributed by atoms with Crippen molar-refractivity contribution >= 4 is 15.9 Å². The fourth-order valence-corrected chi connectivity index (χ4v) is 2.74. The van der Waals surface area contributed by atoms with Gasteiger partial charge in [0.1, 0.15) is 5.82 Å². The fraction of sp³-hybridized carbons (Fsp3) is 0. The minimum Gasteiger partial charge on any atom is -0.257 e. The second-order valence-corrected chi connectivity index (χ2v) is 5.53. The molecular formula is C13H10FNO2S. The molecule has 0 spiro atoms. The third-order valence-corrected chi connectivity index (χ3v) is 4.16. The minimum absolute atomic E-state index is 0.0464. The van der Waals surface area contributed by atoms with Crippen molar-refractivity contribution in [2.45, 2.75) is 9.79 Å². The van der Waals surface area contributed by atoms with Crippen molar-refractivity contribution in [3.63, 3.8) is 0 Å². The van der Waals surface area contributed by atoms with Crippen molar-refractivity contribution in [3.05, 3.63) is 60.7 Å². The Morgan fingerprint density at radius 2 is 1.78 bits per heavy atom. The summed E-state index contributed by atoms with van der Waals surface area (Å²) in [6.45, 7) is 3.53. The number of rotatable bonds is 3. The summed E-state index contributed by atoms with van der Waals surface area (Å²) in [4.78, 5) is 4.09. The van der Waals surface area contributed by atoms with E-state index in [0.29, 0.717) is 5.69 Å². The molecule has 0 aliphatic rings. The van der Waals surface area contributed by atoms with Gasteiger partial charge in [-0.2, -0.15) is 0 Å². The van der Waals surface area contributed by atoms with E-state index in [0.717, 1.165) is 12.1 Å². The first-order chi connectivity index (χ1) is 8.54. The minimum atomic E-state index is -3.64. The monoisotopic (exact) mass is 263 g/mol. The molecule has 18 heavy (non-hydrogen) atoms. The molecule has 0 saturated heterocycles. The van der Waals surface area contributed by atoms with E-state index in [2.05, 4.69) is 11.6 Å². The van der Waals surface area contributed by atoms with Gasteiger partial charge in [0, 0.05) is 6.20 Å². The molecule has 3 nitrogen and oxygen atoms in total. The van der Waals surface area contributed by atoms with Gasteiger partial charge in [-0.25, -0.2) is 12.8 Å². The lowest BCUT2D eigenvalue weighted by Gasteiger charge is -2.05. The van der Waals surface area contributed by atoms with Crippen LogP contribution in [-0.2, 0) is 9.84 Å². The second kappa shape index (κ2) is 4.70. The van der Waals surface area contributed by atoms with Crippen LogP contribution in [0.5, 0.6) is 0 Å². The number of aromatic nitrogens is 1. The van der Waals surface area contributed by atoms with E-state index in [-0.39, 0.29) is 9.79 Å². The van der Waals surface area contributed by atoms with Gasteiger partial charge in [0.05, 0.1) is 15.5 Å². The standard InChI is InChI=1S/C13H10FNO2S/c1-2-11-9-13(7-8-15-11)18(16,17)12-5-3-10(14)4-6-12/h2-9H,1H2. The highest BCUT2D eigenvalue weighted by molar-refractivity contribution is 7.91. The number of hydrogen-bond donors (Lipinski definition) is 0. The molecule has 92 valence electrons. The van der Waals surface area contributed by atoms with Gasteiger partial charge in [-0.1, -0.05) is 6.58 Å². The lowest BCUT2D eigenvalue weighted by molar-refractivity contribution is 0.594. The van der Waals surface area contributed by atoms with Crippen molar-refractivity contribution < 1.29 is 12.8 Å². The first kappa shape index (κ1) is 12.4. The van der Waals surface area contributed by atoms with Crippen LogP contribution in [0, 0.1) is 5.82 Å². The summed E-state index contributed by atoms with van der Waals surface area (Å²) in [7, 11) is -3.64. The van der Waals surface area contributed by atoms with Gasteiger partial charge in [0.15, 0.2) is 0 Å². The average Bonchev–Trinajstić information content (AvgIpc) is 2.39. The molecule has 0 aliphatic heterocycles. The molecule has 0 radical (unpaired) electrons. The van der Waals surface area contributed by atoms with Gasteiger partial charge in [0.25, 0.3) is 0 Å². The van der Waals surface area contributed by atoms with E-state index in [1.54, 1.807) is 0 Å².